The summed E-state index contributed by atoms with van der Waals surface area (Å²) in [5, 5.41) is 3.47. The van der Waals surface area contributed by atoms with Gasteiger partial charge in [-0.3, -0.25) is 0 Å². The molecule has 19 heavy (non-hydrogen) atoms. The molecule has 2 heterocycles. The molecule has 1 N–H and O–H groups in total. The van der Waals surface area contributed by atoms with E-state index in [1.807, 2.05) is 12.4 Å². The van der Waals surface area contributed by atoms with Crippen LogP contribution in [-0.4, -0.2) is 47.7 Å². The van der Waals surface area contributed by atoms with Crippen LogP contribution >= 0.6 is 0 Å². The molecule has 1 aromatic heterocycles. The minimum atomic E-state index is -3.03. The van der Waals surface area contributed by atoms with Crippen LogP contribution in [-0.2, 0) is 23.1 Å². The molecule has 0 saturated carbocycles. The van der Waals surface area contributed by atoms with Crippen molar-refractivity contribution >= 4 is 10.0 Å². The highest BCUT2D eigenvalue weighted by molar-refractivity contribution is 7.88. The summed E-state index contributed by atoms with van der Waals surface area (Å²) in [4.78, 5) is 4.32. The number of hydrogen-bond acceptors (Lipinski definition) is 4. The van der Waals surface area contributed by atoms with E-state index in [0.29, 0.717) is 19.1 Å². The van der Waals surface area contributed by atoms with Crippen molar-refractivity contribution in [3.05, 3.63) is 18.2 Å². The Morgan fingerprint density at radius 2 is 2.11 bits per heavy atom. The number of hydrogen-bond donors (Lipinski definition) is 1. The van der Waals surface area contributed by atoms with E-state index in [1.165, 1.54) is 6.26 Å². The van der Waals surface area contributed by atoms with E-state index in [2.05, 4.69) is 21.8 Å². The van der Waals surface area contributed by atoms with Gasteiger partial charge in [-0.1, -0.05) is 0 Å². The lowest BCUT2D eigenvalue weighted by molar-refractivity contribution is 0.288. The fourth-order valence-electron chi connectivity index (χ4n) is 2.42. The molecule has 0 radical (unpaired) electrons. The molecule has 1 fully saturated rings. The summed E-state index contributed by atoms with van der Waals surface area (Å²) in [5.74, 6) is 1.04. The molecule has 7 heteroatoms. The molecule has 1 aliphatic rings. The number of aryl methyl sites for hydroxylation is 1. The number of nitrogens with one attached hydrogen (secondary N) is 1. The summed E-state index contributed by atoms with van der Waals surface area (Å²) in [6.07, 6.45) is 6.79. The van der Waals surface area contributed by atoms with Crippen LogP contribution in [0.4, 0.5) is 0 Å². The second-order valence-corrected chi connectivity index (χ2v) is 6.93. The van der Waals surface area contributed by atoms with Gasteiger partial charge in [0.05, 0.1) is 12.8 Å². The van der Waals surface area contributed by atoms with Crippen molar-refractivity contribution in [2.75, 3.05) is 19.3 Å². The minimum Gasteiger partial charge on any atom is -0.334 e. The zero-order valence-corrected chi connectivity index (χ0v) is 12.4. The summed E-state index contributed by atoms with van der Waals surface area (Å²) in [5.41, 5.74) is 0. The van der Waals surface area contributed by atoms with Crippen molar-refractivity contribution in [3.8, 4) is 0 Å². The van der Waals surface area contributed by atoms with E-state index in [4.69, 9.17) is 0 Å². The Morgan fingerprint density at radius 3 is 2.68 bits per heavy atom. The molecule has 1 aliphatic heterocycles. The average Bonchev–Trinajstić information content (AvgIpc) is 2.83. The van der Waals surface area contributed by atoms with E-state index < -0.39 is 10.0 Å². The molecule has 0 atom stereocenters. The highest BCUT2D eigenvalue weighted by Crippen LogP contribution is 2.13. The number of piperidine rings is 1. The number of sulfonamides is 1. The van der Waals surface area contributed by atoms with Crippen LogP contribution in [0, 0.1) is 0 Å². The summed E-state index contributed by atoms with van der Waals surface area (Å²) < 4.78 is 26.5. The van der Waals surface area contributed by atoms with Crippen molar-refractivity contribution in [2.24, 2.45) is 0 Å². The highest BCUT2D eigenvalue weighted by atomic mass is 32.2. The number of nitrogens with zero attached hydrogens (tertiary/aromatic N) is 3. The molecule has 0 aliphatic carbocycles. The van der Waals surface area contributed by atoms with E-state index >= 15 is 0 Å². The Kier molecular flexibility index (Phi) is 4.59. The quantitative estimate of drug-likeness (QED) is 0.852. The van der Waals surface area contributed by atoms with Crippen LogP contribution in [0.2, 0.25) is 0 Å². The fraction of sp³-hybridized carbons (Fsp3) is 0.750. The maximum absolute atomic E-state index is 11.4. The first-order valence-electron chi connectivity index (χ1n) is 6.69. The number of rotatable bonds is 5. The molecule has 0 amide bonds. The Bertz CT molecular complexity index is 504. The predicted molar refractivity (Wildman–Crippen MR) is 74.2 cm³/mol. The molecular formula is C12H22N4O2S. The smallest absolute Gasteiger partial charge is 0.211 e. The third-order valence-corrected chi connectivity index (χ3v) is 4.92. The molecule has 0 spiro atoms. The average molecular weight is 286 g/mol. The summed E-state index contributed by atoms with van der Waals surface area (Å²) in [7, 11) is -3.03. The van der Waals surface area contributed by atoms with Gasteiger partial charge in [0.15, 0.2) is 0 Å². The molecular weight excluding hydrogens is 264 g/mol. The molecule has 1 saturated heterocycles. The fourth-order valence-corrected chi connectivity index (χ4v) is 3.30. The lowest BCUT2D eigenvalue weighted by Gasteiger charge is -2.30. The van der Waals surface area contributed by atoms with Crippen molar-refractivity contribution in [3.63, 3.8) is 0 Å². The van der Waals surface area contributed by atoms with Gasteiger partial charge in [0.2, 0.25) is 10.0 Å². The third-order valence-electron chi connectivity index (χ3n) is 3.61. The molecule has 1 aromatic rings. The van der Waals surface area contributed by atoms with Crippen LogP contribution < -0.4 is 5.32 Å². The van der Waals surface area contributed by atoms with Gasteiger partial charge in [0, 0.05) is 38.1 Å². The van der Waals surface area contributed by atoms with Gasteiger partial charge in [0.1, 0.15) is 5.82 Å². The van der Waals surface area contributed by atoms with Crippen molar-refractivity contribution in [2.45, 2.75) is 38.9 Å². The van der Waals surface area contributed by atoms with Gasteiger partial charge >= 0.3 is 0 Å². The van der Waals surface area contributed by atoms with Crippen LogP contribution in [0.15, 0.2) is 12.4 Å². The lowest BCUT2D eigenvalue weighted by Crippen LogP contribution is -2.44. The van der Waals surface area contributed by atoms with Crippen LogP contribution in [0.5, 0.6) is 0 Å². The Hall–Kier alpha value is -0.920. The van der Waals surface area contributed by atoms with Crippen molar-refractivity contribution in [1.82, 2.24) is 19.2 Å². The normalized spacial score (nSPS) is 18.8. The van der Waals surface area contributed by atoms with Gasteiger partial charge in [-0.25, -0.2) is 17.7 Å². The zero-order valence-electron chi connectivity index (χ0n) is 11.5. The predicted octanol–water partition coefficient (Wildman–Crippen LogP) is 0.417. The van der Waals surface area contributed by atoms with Crippen molar-refractivity contribution < 1.29 is 8.42 Å². The number of imidazole rings is 1. The molecule has 0 aromatic carbocycles. The van der Waals surface area contributed by atoms with Gasteiger partial charge in [0.25, 0.3) is 0 Å². The summed E-state index contributed by atoms with van der Waals surface area (Å²) in [6, 6.07) is 0.375. The molecule has 6 nitrogen and oxygen atoms in total. The Morgan fingerprint density at radius 1 is 1.42 bits per heavy atom. The van der Waals surface area contributed by atoms with Crippen LogP contribution in [0.3, 0.4) is 0 Å². The van der Waals surface area contributed by atoms with Crippen LogP contribution in [0.1, 0.15) is 25.6 Å². The molecule has 108 valence electrons. The van der Waals surface area contributed by atoms with Gasteiger partial charge in [-0.05, 0) is 19.8 Å². The highest BCUT2D eigenvalue weighted by Gasteiger charge is 2.24. The first-order valence-corrected chi connectivity index (χ1v) is 8.54. The van der Waals surface area contributed by atoms with Crippen LogP contribution in [0.25, 0.3) is 0 Å². The van der Waals surface area contributed by atoms with E-state index in [1.54, 1.807) is 4.31 Å². The second kappa shape index (κ2) is 6.02. The first-order chi connectivity index (χ1) is 9.00. The van der Waals surface area contributed by atoms with E-state index in [9.17, 15) is 8.42 Å². The van der Waals surface area contributed by atoms with Crippen molar-refractivity contribution in [1.29, 1.82) is 0 Å². The second-order valence-electron chi connectivity index (χ2n) is 4.95. The van der Waals surface area contributed by atoms with Gasteiger partial charge < -0.3 is 9.88 Å². The monoisotopic (exact) mass is 286 g/mol. The zero-order chi connectivity index (χ0) is 13.9. The van der Waals surface area contributed by atoms with E-state index in [-0.39, 0.29) is 0 Å². The molecule has 0 unspecified atom stereocenters. The number of aromatic nitrogens is 2. The largest absolute Gasteiger partial charge is 0.334 e. The topological polar surface area (TPSA) is 67.2 Å². The maximum Gasteiger partial charge on any atom is 0.211 e. The van der Waals surface area contributed by atoms with Gasteiger partial charge in [-0.2, -0.15) is 0 Å². The summed E-state index contributed by atoms with van der Waals surface area (Å²) >= 11 is 0. The maximum atomic E-state index is 11.4. The SMILES string of the molecule is CCn1ccnc1CNC1CCN(S(C)(=O)=O)CC1. The van der Waals surface area contributed by atoms with Gasteiger partial charge in [-0.15, -0.1) is 0 Å². The lowest BCUT2D eigenvalue weighted by atomic mass is 10.1. The first kappa shape index (κ1) is 14.5. The Labute approximate surface area is 114 Å². The third kappa shape index (κ3) is 3.77. The standard InChI is InChI=1S/C12H22N4O2S/c1-3-15-9-6-13-12(15)10-14-11-4-7-16(8-5-11)19(2,17)18/h6,9,11,14H,3-5,7-8,10H2,1-2H3. The molecule has 0 bridgehead atoms. The molecule has 2 rings (SSSR count). The summed E-state index contributed by atoms with van der Waals surface area (Å²) in [6.45, 7) is 4.97. The Balaban J connectivity index is 1.80. The minimum absolute atomic E-state index is 0.375. The van der Waals surface area contributed by atoms with E-state index in [0.717, 1.165) is 31.8 Å².